The molecule has 0 aliphatic carbocycles. The van der Waals surface area contributed by atoms with Crippen molar-refractivity contribution in [1.29, 1.82) is 0 Å². The van der Waals surface area contributed by atoms with Crippen molar-refractivity contribution >= 4 is 15.9 Å². The number of rotatable bonds is 5. The van der Waals surface area contributed by atoms with Crippen molar-refractivity contribution in [2.45, 2.75) is 20.0 Å². The first-order valence-corrected chi connectivity index (χ1v) is 5.19. The van der Waals surface area contributed by atoms with Crippen LogP contribution < -0.4 is 4.74 Å². The molecule has 78 valence electrons. The SMILES string of the molecule is CC(C)OCCOc1ncncc1Br. The second kappa shape index (κ2) is 5.93. The van der Waals surface area contributed by atoms with Crippen LogP contribution in [-0.4, -0.2) is 29.3 Å². The largest absolute Gasteiger partial charge is 0.474 e. The molecule has 0 aliphatic heterocycles. The summed E-state index contributed by atoms with van der Waals surface area (Å²) in [6.45, 7) is 5.03. The molecular weight excluding hydrogens is 248 g/mol. The standard InChI is InChI=1S/C9H13BrN2O2/c1-7(2)13-3-4-14-9-8(10)5-11-6-12-9/h5-7H,3-4H2,1-2H3. The summed E-state index contributed by atoms with van der Waals surface area (Å²) in [5, 5.41) is 0. The predicted octanol–water partition coefficient (Wildman–Crippen LogP) is 2.04. The average Bonchev–Trinajstić information content (AvgIpc) is 2.15. The highest BCUT2D eigenvalue weighted by Gasteiger charge is 2.01. The smallest absolute Gasteiger partial charge is 0.231 e. The zero-order valence-corrected chi connectivity index (χ0v) is 9.82. The van der Waals surface area contributed by atoms with Gasteiger partial charge in [0.1, 0.15) is 12.9 Å². The zero-order valence-electron chi connectivity index (χ0n) is 8.24. The summed E-state index contributed by atoms with van der Waals surface area (Å²) in [6.07, 6.45) is 3.32. The van der Waals surface area contributed by atoms with E-state index >= 15 is 0 Å². The molecule has 0 amide bonds. The molecule has 1 aromatic heterocycles. The Morgan fingerprint density at radius 1 is 1.43 bits per heavy atom. The predicted molar refractivity (Wildman–Crippen MR) is 56.3 cm³/mol. The molecule has 0 saturated carbocycles. The summed E-state index contributed by atoms with van der Waals surface area (Å²) in [6, 6.07) is 0. The lowest BCUT2D eigenvalue weighted by Crippen LogP contribution is -2.11. The van der Waals surface area contributed by atoms with Crippen LogP contribution in [0.5, 0.6) is 5.88 Å². The second-order valence-electron chi connectivity index (χ2n) is 2.94. The maximum absolute atomic E-state index is 5.36. The molecule has 4 nitrogen and oxygen atoms in total. The van der Waals surface area contributed by atoms with Crippen molar-refractivity contribution in [1.82, 2.24) is 9.97 Å². The molecule has 5 heteroatoms. The minimum Gasteiger partial charge on any atom is -0.474 e. The Bertz CT molecular complexity index is 281. The zero-order chi connectivity index (χ0) is 10.4. The molecule has 0 unspecified atom stereocenters. The summed E-state index contributed by atoms with van der Waals surface area (Å²) >= 11 is 3.29. The van der Waals surface area contributed by atoms with Crippen LogP contribution >= 0.6 is 15.9 Å². The van der Waals surface area contributed by atoms with E-state index in [1.807, 2.05) is 13.8 Å². The first-order valence-electron chi connectivity index (χ1n) is 4.40. The van der Waals surface area contributed by atoms with E-state index < -0.39 is 0 Å². The van der Waals surface area contributed by atoms with Gasteiger partial charge in [-0.15, -0.1) is 0 Å². The molecule has 0 aromatic carbocycles. The van der Waals surface area contributed by atoms with Gasteiger partial charge in [0.15, 0.2) is 0 Å². The number of halogens is 1. The van der Waals surface area contributed by atoms with Gasteiger partial charge in [-0.25, -0.2) is 9.97 Å². The lowest BCUT2D eigenvalue weighted by atomic mass is 10.5. The maximum Gasteiger partial charge on any atom is 0.231 e. The van der Waals surface area contributed by atoms with Gasteiger partial charge in [0.25, 0.3) is 0 Å². The van der Waals surface area contributed by atoms with Crippen LogP contribution in [0.3, 0.4) is 0 Å². The Labute approximate surface area is 91.8 Å². The quantitative estimate of drug-likeness (QED) is 0.761. The van der Waals surface area contributed by atoms with Gasteiger partial charge in [0.05, 0.1) is 17.2 Å². The van der Waals surface area contributed by atoms with Crippen LogP contribution in [0, 0.1) is 0 Å². The van der Waals surface area contributed by atoms with Gasteiger partial charge in [-0.2, -0.15) is 0 Å². The van der Waals surface area contributed by atoms with Gasteiger partial charge in [0, 0.05) is 6.20 Å². The summed E-state index contributed by atoms with van der Waals surface area (Å²) in [5.41, 5.74) is 0. The van der Waals surface area contributed by atoms with Gasteiger partial charge < -0.3 is 9.47 Å². The van der Waals surface area contributed by atoms with E-state index in [0.29, 0.717) is 19.1 Å². The molecule has 0 spiro atoms. The molecule has 1 rings (SSSR count). The van der Waals surface area contributed by atoms with Gasteiger partial charge in [-0.1, -0.05) is 0 Å². The Balaban J connectivity index is 2.28. The van der Waals surface area contributed by atoms with Crippen molar-refractivity contribution < 1.29 is 9.47 Å². The Morgan fingerprint density at radius 3 is 2.86 bits per heavy atom. The minimum absolute atomic E-state index is 0.229. The number of hydrogen-bond donors (Lipinski definition) is 0. The molecule has 0 atom stereocenters. The topological polar surface area (TPSA) is 44.2 Å². The van der Waals surface area contributed by atoms with Crippen LogP contribution in [0.4, 0.5) is 0 Å². The highest BCUT2D eigenvalue weighted by molar-refractivity contribution is 9.10. The van der Waals surface area contributed by atoms with Crippen molar-refractivity contribution in [2.75, 3.05) is 13.2 Å². The van der Waals surface area contributed by atoms with Gasteiger partial charge in [-0.05, 0) is 29.8 Å². The van der Waals surface area contributed by atoms with E-state index in [-0.39, 0.29) is 6.10 Å². The molecule has 0 saturated heterocycles. The molecule has 0 radical (unpaired) electrons. The van der Waals surface area contributed by atoms with Crippen molar-refractivity contribution in [3.63, 3.8) is 0 Å². The fraction of sp³-hybridized carbons (Fsp3) is 0.556. The third kappa shape index (κ3) is 4.02. The Hall–Kier alpha value is -0.680. The average molecular weight is 261 g/mol. The van der Waals surface area contributed by atoms with Gasteiger partial charge >= 0.3 is 0 Å². The maximum atomic E-state index is 5.36. The molecule has 0 N–H and O–H groups in total. The normalized spacial score (nSPS) is 10.6. The fourth-order valence-corrected chi connectivity index (χ4v) is 1.16. The lowest BCUT2D eigenvalue weighted by Gasteiger charge is -2.08. The van der Waals surface area contributed by atoms with Crippen LogP contribution in [0.2, 0.25) is 0 Å². The molecular formula is C9H13BrN2O2. The minimum atomic E-state index is 0.229. The van der Waals surface area contributed by atoms with Crippen molar-refractivity contribution in [3.05, 3.63) is 17.0 Å². The van der Waals surface area contributed by atoms with E-state index in [2.05, 4.69) is 25.9 Å². The van der Waals surface area contributed by atoms with Crippen LogP contribution in [0.15, 0.2) is 17.0 Å². The van der Waals surface area contributed by atoms with E-state index in [1.165, 1.54) is 6.33 Å². The van der Waals surface area contributed by atoms with E-state index in [1.54, 1.807) is 6.20 Å². The number of ether oxygens (including phenoxy) is 2. The van der Waals surface area contributed by atoms with E-state index in [9.17, 15) is 0 Å². The number of nitrogens with zero attached hydrogens (tertiary/aromatic N) is 2. The molecule has 1 aromatic rings. The third-order valence-electron chi connectivity index (χ3n) is 1.41. The molecule has 0 bridgehead atoms. The summed E-state index contributed by atoms with van der Waals surface area (Å²) in [4.78, 5) is 7.79. The van der Waals surface area contributed by atoms with Crippen LogP contribution in [0.1, 0.15) is 13.8 Å². The number of hydrogen-bond acceptors (Lipinski definition) is 4. The van der Waals surface area contributed by atoms with Gasteiger partial charge in [0.2, 0.25) is 5.88 Å². The van der Waals surface area contributed by atoms with Crippen molar-refractivity contribution in [3.8, 4) is 5.88 Å². The third-order valence-corrected chi connectivity index (χ3v) is 1.95. The molecule has 0 aliphatic rings. The Kier molecular flexibility index (Phi) is 4.82. The van der Waals surface area contributed by atoms with E-state index in [0.717, 1.165) is 4.47 Å². The highest BCUT2D eigenvalue weighted by Crippen LogP contribution is 2.19. The van der Waals surface area contributed by atoms with Gasteiger partial charge in [-0.3, -0.25) is 0 Å². The summed E-state index contributed by atoms with van der Waals surface area (Å²) < 4.78 is 11.4. The fourth-order valence-electron chi connectivity index (χ4n) is 0.830. The first kappa shape index (κ1) is 11.4. The highest BCUT2D eigenvalue weighted by atomic mass is 79.9. The van der Waals surface area contributed by atoms with Crippen LogP contribution in [-0.2, 0) is 4.74 Å². The molecule has 1 heterocycles. The second-order valence-corrected chi connectivity index (χ2v) is 3.80. The number of aromatic nitrogens is 2. The van der Waals surface area contributed by atoms with Crippen molar-refractivity contribution in [2.24, 2.45) is 0 Å². The molecule has 0 fully saturated rings. The Morgan fingerprint density at radius 2 is 2.21 bits per heavy atom. The summed E-state index contributed by atoms with van der Waals surface area (Å²) in [5.74, 6) is 0.548. The molecule has 14 heavy (non-hydrogen) atoms. The summed E-state index contributed by atoms with van der Waals surface area (Å²) in [7, 11) is 0. The first-order chi connectivity index (χ1) is 6.70. The monoisotopic (exact) mass is 260 g/mol. The van der Waals surface area contributed by atoms with Crippen LogP contribution in [0.25, 0.3) is 0 Å². The van der Waals surface area contributed by atoms with E-state index in [4.69, 9.17) is 9.47 Å². The lowest BCUT2D eigenvalue weighted by molar-refractivity contribution is 0.0540.